The first-order chi connectivity index (χ1) is 33.1. The second-order valence-electron chi connectivity index (χ2n) is 20.0. The maximum absolute atomic E-state index is 5.43. The highest BCUT2D eigenvalue weighted by molar-refractivity contribution is 7.26. The summed E-state index contributed by atoms with van der Waals surface area (Å²) >= 11 is 1.90. The van der Waals surface area contributed by atoms with Crippen molar-refractivity contribution in [2.24, 2.45) is 4.99 Å². The number of aliphatic imine (C=N–C) groups is 1. The van der Waals surface area contributed by atoms with Gasteiger partial charge in [-0.3, -0.25) is 4.99 Å². The summed E-state index contributed by atoms with van der Waals surface area (Å²) in [5, 5.41) is 6.36. The van der Waals surface area contributed by atoms with Crippen LogP contribution < -0.4 is 5.32 Å². The Labute approximate surface area is 397 Å². The van der Waals surface area contributed by atoms with Gasteiger partial charge in [-0.25, -0.2) is 0 Å². The number of nitrogens with zero attached hydrogens (tertiary/aromatic N) is 1. The predicted molar refractivity (Wildman–Crippen MR) is 282 cm³/mol. The first kappa shape index (κ1) is 39.4. The summed E-state index contributed by atoms with van der Waals surface area (Å²) < 4.78 is 2.63. The van der Waals surface area contributed by atoms with Crippen LogP contribution in [-0.2, 0) is 10.8 Å². The van der Waals surface area contributed by atoms with Crippen LogP contribution in [0.3, 0.4) is 0 Å². The summed E-state index contributed by atoms with van der Waals surface area (Å²) in [4.78, 5) is 5.43. The van der Waals surface area contributed by atoms with Crippen molar-refractivity contribution in [2.75, 3.05) is 0 Å². The number of hydrogen-bond donors (Lipinski definition) is 1. The summed E-state index contributed by atoms with van der Waals surface area (Å²) in [5.41, 5.74) is 22.3. The monoisotopic (exact) mass is 880 g/mol. The molecule has 0 saturated heterocycles. The lowest BCUT2D eigenvalue weighted by Crippen LogP contribution is -2.29. The molecule has 5 aliphatic rings. The van der Waals surface area contributed by atoms with Crippen molar-refractivity contribution in [1.29, 1.82) is 0 Å². The summed E-state index contributed by atoms with van der Waals surface area (Å²) in [6, 6.07) is 66.4. The third-order valence-electron chi connectivity index (χ3n) is 16.5. The minimum Gasteiger partial charge on any atom is -0.340 e. The van der Waals surface area contributed by atoms with Gasteiger partial charge in [-0.15, -0.1) is 11.3 Å². The van der Waals surface area contributed by atoms with E-state index < -0.39 is 0 Å². The zero-order valence-electron chi connectivity index (χ0n) is 37.8. The molecule has 1 aliphatic heterocycles. The van der Waals surface area contributed by atoms with E-state index in [1.165, 1.54) is 134 Å². The van der Waals surface area contributed by atoms with Crippen LogP contribution in [0.1, 0.15) is 109 Å². The molecule has 1 unspecified atom stereocenters. The molecule has 3 heteroatoms. The summed E-state index contributed by atoms with van der Waals surface area (Å²) in [5.74, 6) is 0.896. The van der Waals surface area contributed by atoms with Gasteiger partial charge in [0.1, 0.15) is 5.84 Å². The Morgan fingerprint density at radius 2 is 0.985 bits per heavy atom. The number of rotatable bonds is 5. The van der Waals surface area contributed by atoms with Crippen molar-refractivity contribution < 1.29 is 0 Å². The van der Waals surface area contributed by atoms with Gasteiger partial charge in [-0.05, 0) is 140 Å². The van der Waals surface area contributed by atoms with Crippen molar-refractivity contribution in [3.05, 3.63) is 221 Å². The van der Waals surface area contributed by atoms with Crippen LogP contribution in [0.5, 0.6) is 0 Å². The van der Waals surface area contributed by atoms with E-state index in [4.69, 9.17) is 4.99 Å². The Morgan fingerprint density at radius 1 is 0.418 bits per heavy atom. The van der Waals surface area contributed by atoms with Gasteiger partial charge in [-0.1, -0.05) is 184 Å². The molecule has 2 heterocycles. The van der Waals surface area contributed by atoms with Crippen molar-refractivity contribution >= 4 is 43.0 Å². The molecule has 14 rings (SSSR count). The Hall–Kier alpha value is -6.81. The molecule has 1 atom stereocenters. The lowest BCUT2D eigenvalue weighted by molar-refractivity contribution is 0.350. The van der Waals surface area contributed by atoms with E-state index in [-0.39, 0.29) is 16.9 Å². The largest absolute Gasteiger partial charge is 0.340 e. The topological polar surface area (TPSA) is 24.4 Å². The second kappa shape index (κ2) is 15.4. The molecule has 2 saturated carbocycles. The van der Waals surface area contributed by atoms with Gasteiger partial charge < -0.3 is 5.32 Å². The maximum Gasteiger partial charge on any atom is 0.133 e. The SMILES string of the molecule is C1=C(c2ccc(-c3ccccc3)cc2)NC(c2ccccc2)=NC1c1cccc2c1sc1ccc(-c3ccc4c(c3)C3(CCCCC3)c3cc5c(cc3-4)C3(CCCCC3)c3ccccc3-5)cc12. The zero-order chi connectivity index (χ0) is 44.1. The smallest absolute Gasteiger partial charge is 0.133 e. The Kier molecular flexibility index (Phi) is 9.03. The van der Waals surface area contributed by atoms with E-state index in [1.807, 2.05) is 11.3 Å². The number of hydrogen-bond acceptors (Lipinski definition) is 3. The fourth-order valence-electron chi connectivity index (χ4n) is 13.3. The quantitative estimate of drug-likeness (QED) is 0.183. The van der Waals surface area contributed by atoms with Gasteiger partial charge in [0.2, 0.25) is 0 Å². The first-order valence-electron chi connectivity index (χ1n) is 24.8. The highest BCUT2D eigenvalue weighted by atomic mass is 32.1. The van der Waals surface area contributed by atoms with Crippen molar-refractivity contribution in [3.63, 3.8) is 0 Å². The predicted octanol–water partition coefficient (Wildman–Crippen LogP) is 17.0. The highest BCUT2D eigenvalue weighted by Gasteiger charge is 2.49. The van der Waals surface area contributed by atoms with Crippen LogP contribution in [0.15, 0.2) is 187 Å². The molecule has 1 aromatic heterocycles. The molecule has 2 fully saturated rings. The van der Waals surface area contributed by atoms with Crippen LogP contribution >= 0.6 is 11.3 Å². The summed E-state index contributed by atoms with van der Waals surface area (Å²) in [6.45, 7) is 0. The van der Waals surface area contributed by atoms with Gasteiger partial charge in [0.25, 0.3) is 0 Å². The molecule has 324 valence electrons. The van der Waals surface area contributed by atoms with Crippen LogP contribution in [0, 0.1) is 0 Å². The van der Waals surface area contributed by atoms with Crippen molar-refractivity contribution in [3.8, 4) is 44.5 Å². The van der Waals surface area contributed by atoms with Crippen LogP contribution in [0.2, 0.25) is 0 Å². The average molecular weight is 881 g/mol. The number of amidine groups is 1. The summed E-state index contributed by atoms with van der Waals surface area (Å²) in [6.07, 6.45) is 15.3. The van der Waals surface area contributed by atoms with Gasteiger partial charge in [-0.2, -0.15) is 0 Å². The van der Waals surface area contributed by atoms with Gasteiger partial charge in [0.15, 0.2) is 0 Å². The molecule has 67 heavy (non-hydrogen) atoms. The van der Waals surface area contributed by atoms with E-state index in [0.717, 1.165) is 22.7 Å². The minimum atomic E-state index is -0.149. The molecule has 0 amide bonds. The Balaban J connectivity index is 0.857. The lowest BCUT2D eigenvalue weighted by Gasteiger charge is -2.37. The van der Waals surface area contributed by atoms with Crippen LogP contribution in [0.4, 0.5) is 0 Å². The lowest BCUT2D eigenvalue weighted by atomic mass is 9.66. The molecular weight excluding hydrogens is 829 g/mol. The van der Waals surface area contributed by atoms with Crippen molar-refractivity contribution in [1.82, 2.24) is 5.32 Å². The average Bonchev–Trinajstić information content (AvgIpc) is 4.00. The molecule has 0 radical (unpaired) electrons. The molecule has 2 spiro atoms. The van der Waals surface area contributed by atoms with Gasteiger partial charge in [0.05, 0.1) is 6.04 Å². The number of fused-ring (bicyclic) bond motifs is 13. The zero-order valence-corrected chi connectivity index (χ0v) is 38.6. The maximum atomic E-state index is 5.43. The minimum absolute atomic E-state index is 0.0730. The standard InChI is InChI=1S/C64H52N2S/c1-5-16-41(17-6-1)42-24-26-43(27-25-42)58-40-59(66-62(65-58)44-18-7-2-8-19-44)50-22-15-21-49-53-36-45(29-31-60(53)67-61(49)50)46-28-30-48-52-39-56-51(38-57(52)64(55(48)37-46)34-13-4-14-35-64)47-20-9-10-23-54(47)63(56)32-11-3-12-33-63/h1-2,5-10,15-31,36-40,59H,3-4,11-14,32-35H2,(H,65,66). The fourth-order valence-corrected chi connectivity index (χ4v) is 14.5. The number of thiophene rings is 1. The first-order valence-corrected chi connectivity index (χ1v) is 25.6. The molecule has 2 nitrogen and oxygen atoms in total. The van der Waals surface area contributed by atoms with Crippen LogP contribution in [0.25, 0.3) is 70.4 Å². The molecular formula is C64H52N2S. The van der Waals surface area contributed by atoms with E-state index in [2.05, 4.69) is 187 Å². The van der Waals surface area contributed by atoms with E-state index in [9.17, 15) is 0 Å². The molecule has 8 aromatic carbocycles. The van der Waals surface area contributed by atoms with E-state index >= 15 is 0 Å². The van der Waals surface area contributed by atoms with E-state index in [0.29, 0.717) is 0 Å². The third kappa shape index (κ3) is 6.10. The van der Waals surface area contributed by atoms with Gasteiger partial charge >= 0.3 is 0 Å². The van der Waals surface area contributed by atoms with Crippen molar-refractivity contribution in [2.45, 2.75) is 81.1 Å². The van der Waals surface area contributed by atoms with Gasteiger partial charge in [0, 0.05) is 42.3 Å². The molecule has 0 bridgehead atoms. The number of benzene rings is 8. The Morgan fingerprint density at radius 3 is 1.72 bits per heavy atom. The van der Waals surface area contributed by atoms with E-state index in [1.54, 1.807) is 22.3 Å². The summed E-state index contributed by atoms with van der Waals surface area (Å²) in [7, 11) is 0. The fraction of sp³-hybridized carbons (Fsp3) is 0.203. The molecule has 1 N–H and O–H groups in total. The Bertz CT molecular complexity index is 3490. The highest BCUT2D eigenvalue weighted by Crippen LogP contribution is 2.62. The number of nitrogens with one attached hydrogen (secondary N) is 1. The molecule has 9 aromatic rings. The molecule has 4 aliphatic carbocycles. The van der Waals surface area contributed by atoms with Crippen LogP contribution in [-0.4, -0.2) is 5.84 Å². The third-order valence-corrected chi connectivity index (χ3v) is 17.8. The second-order valence-corrected chi connectivity index (χ2v) is 21.1. The normalized spacial score (nSPS) is 18.5.